The summed E-state index contributed by atoms with van der Waals surface area (Å²) < 4.78 is 0. The van der Waals surface area contributed by atoms with Crippen molar-refractivity contribution < 1.29 is 4.79 Å². The second kappa shape index (κ2) is 6.35. The molecular formula is C18H17N3O. The van der Waals surface area contributed by atoms with Crippen molar-refractivity contribution in [2.45, 2.75) is 13.3 Å². The molecule has 1 aromatic carbocycles. The van der Waals surface area contributed by atoms with Crippen molar-refractivity contribution in [3.05, 3.63) is 60.3 Å². The predicted octanol–water partition coefficient (Wildman–Crippen LogP) is 3.44. The zero-order valence-electron chi connectivity index (χ0n) is 12.4. The van der Waals surface area contributed by atoms with Crippen LogP contribution in [0, 0.1) is 0 Å². The van der Waals surface area contributed by atoms with Crippen LogP contribution >= 0.6 is 0 Å². The van der Waals surface area contributed by atoms with E-state index in [2.05, 4.69) is 15.3 Å². The molecule has 0 aliphatic rings. The lowest BCUT2D eigenvalue weighted by molar-refractivity contribution is 0.0955. The summed E-state index contributed by atoms with van der Waals surface area (Å²) in [6.07, 6.45) is 2.63. The smallest absolute Gasteiger partial charge is 0.252 e. The SMILES string of the molecule is CCCNC(=O)c1cc(-c2ccccn2)nc2ccccc12. The Morgan fingerprint density at radius 3 is 2.68 bits per heavy atom. The first-order valence-corrected chi connectivity index (χ1v) is 7.39. The van der Waals surface area contributed by atoms with E-state index in [1.54, 1.807) is 6.20 Å². The Morgan fingerprint density at radius 2 is 1.91 bits per heavy atom. The molecule has 1 N–H and O–H groups in total. The van der Waals surface area contributed by atoms with E-state index in [-0.39, 0.29) is 5.91 Å². The third-order valence-corrected chi connectivity index (χ3v) is 3.42. The van der Waals surface area contributed by atoms with Gasteiger partial charge in [-0.05, 0) is 30.7 Å². The lowest BCUT2D eigenvalue weighted by atomic mass is 10.1. The minimum Gasteiger partial charge on any atom is -0.352 e. The number of benzene rings is 1. The Balaban J connectivity index is 2.14. The lowest BCUT2D eigenvalue weighted by Gasteiger charge is -2.09. The quantitative estimate of drug-likeness (QED) is 0.801. The summed E-state index contributed by atoms with van der Waals surface area (Å²) in [6, 6.07) is 15.2. The van der Waals surface area contributed by atoms with E-state index in [1.165, 1.54) is 0 Å². The highest BCUT2D eigenvalue weighted by Crippen LogP contribution is 2.23. The number of aromatic nitrogens is 2. The molecule has 110 valence electrons. The van der Waals surface area contributed by atoms with Gasteiger partial charge in [0.1, 0.15) is 0 Å². The van der Waals surface area contributed by atoms with Crippen LogP contribution in [0.5, 0.6) is 0 Å². The topological polar surface area (TPSA) is 54.9 Å². The molecule has 0 aliphatic heterocycles. The van der Waals surface area contributed by atoms with Crippen molar-refractivity contribution in [1.29, 1.82) is 0 Å². The maximum Gasteiger partial charge on any atom is 0.252 e. The molecule has 0 spiro atoms. The number of amides is 1. The number of nitrogens with one attached hydrogen (secondary N) is 1. The van der Waals surface area contributed by atoms with E-state index in [0.29, 0.717) is 17.8 Å². The summed E-state index contributed by atoms with van der Waals surface area (Å²) in [4.78, 5) is 21.4. The first-order valence-electron chi connectivity index (χ1n) is 7.39. The molecule has 2 aromatic heterocycles. The third kappa shape index (κ3) is 2.81. The molecule has 0 atom stereocenters. The maximum atomic E-state index is 12.4. The summed E-state index contributed by atoms with van der Waals surface area (Å²) in [5, 5.41) is 3.79. The van der Waals surface area contributed by atoms with Gasteiger partial charge in [0.2, 0.25) is 0 Å². The van der Waals surface area contributed by atoms with E-state index in [1.807, 2.05) is 55.5 Å². The van der Waals surface area contributed by atoms with Crippen LogP contribution in [0.25, 0.3) is 22.3 Å². The van der Waals surface area contributed by atoms with Crippen LogP contribution in [-0.2, 0) is 0 Å². The van der Waals surface area contributed by atoms with Crippen molar-refractivity contribution in [3.8, 4) is 11.4 Å². The Morgan fingerprint density at radius 1 is 1.09 bits per heavy atom. The highest BCUT2D eigenvalue weighted by molar-refractivity contribution is 6.07. The van der Waals surface area contributed by atoms with E-state index in [9.17, 15) is 4.79 Å². The fourth-order valence-electron chi connectivity index (χ4n) is 2.34. The van der Waals surface area contributed by atoms with Crippen LogP contribution in [0.2, 0.25) is 0 Å². The number of hydrogen-bond acceptors (Lipinski definition) is 3. The zero-order valence-corrected chi connectivity index (χ0v) is 12.4. The van der Waals surface area contributed by atoms with Crippen molar-refractivity contribution in [1.82, 2.24) is 15.3 Å². The number of para-hydroxylation sites is 1. The fraction of sp³-hybridized carbons (Fsp3) is 0.167. The molecule has 0 aliphatic carbocycles. The van der Waals surface area contributed by atoms with Crippen LogP contribution in [0.4, 0.5) is 0 Å². The Labute approximate surface area is 129 Å². The number of nitrogens with zero attached hydrogens (tertiary/aromatic N) is 2. The average Bonchev–Trinajstić information content (AvgIpc) is 2.59. The molecule has 0 fully saturated rings. The van der Waals surface area contributed by atoms with Crippen molar-refractivity contribution in [2.75, 3.05) is 6.54 Å². The van der Waals surface area contributed by atoms with Gasteiger partial charge < -0.3 is 5.32 Å². The van der Waals surface area contributed by atoms with E-state index in [4.69, 9.17) is 0 Å². The first-order chi connectivity index (χ1) is 10.8. The Hall–Kier alpha value is -2.75. The van der Waals surface area contributed by atoms with Gasteiger partial charge >= 0.3 is 0 Å². The molecule has 0 saturated heterocycles. The minimum absolute atomic E-state index is 0.0716. The minimum atomic E-state index is -0.0716. The van der Waals surface area contributed by atoms with Gasteiger partial charge in [-0.3, -0.25) is 9.78 Å². The van der Waals surface area contributed by atoms with E-state index >= 15 is 0 Å². The molecule has 3 aromatic rings. The van der Waals surface area contributed by atoms with Crippen LogP contribution in [-0.4, -0.2) is 22.4 Å². The summed E-state index contributed by atoms with van der Waals surface area (Å²) in [5.41, 5.74) is 2.91. The number of rotatable bonds is 4. The maximum absolute atomic E-state index is 12.4. The monoisotopic (exact) mass is 291 g/mol. The molecule has 0 bridgehead atoms. The highest BCUT2D eigenvalue weighted by Gasteiger charge is 2.13. The van der Waals surface area contributed by atoms with Gasteiger partial charge in [0.05, 0.1) is 22.5 Å². The van der Waals surface area contributed by atoms with E-state index in [0.717, 1.165) is 23.0 Å². The molecule has 3 rings (SSSR count). The second-order valence-corrected chi connectivity index (χ2v) is 5.04. The van der Waals surface area contributed by atoms with Gasteiger partial charge in [-0.1, -0.05) is 31.2 Å². The molecule has 2 heterocycles. The first kappa shape index (κ1) is 14.2. The molecule has 0 unspecified atom stereocenters. The number of carbonyl (C=O) groups is 1. The normalized spacial score (nSPS) is 10.6. The molecule has 0 saturated carbocycles. The second-order valence-electron chi connectivity index (χ2n) is 5.04. The zero-order chi connectivity index (χ0) is 15.4. The lowest BCUT2D eigenvalue weighted by Crippen LogP contribution is -2.24. The van der Waals surface area contributed by atoms with Crippen LogP contribution in [0.15, 0.2) is 54.7 Å². The van der Waals surface area contributed by atoms with Gasteiger partial charge in [0.25, 0.3) is 5.91 Å². The molecule has 22 heavy (non-hydrogen) atoms. The van der Waals surface area contributed by atoms with Crippen molar-refractivity contribution in [2.24, 2.45) is 0 Å². The number of carbonyl (C=O) groups excluding carboxylic acids is 1. The van der Waals surface area contributed by atoms with Crippen molar-refractivity contribution >= 4 is 16.8 Å². The molecule has 4 nitrogen and oxygen atoms in total. The number of fused-ring (bicyclic) bond motifs is 1. The highest BCUT2D eigenvalue weighted by atomic mass is 16.1. The Bertz CT molecular complexity index is 800. The summed E-state index contributed by atoms with van der Waals surface area (Å²) in [5.74, 6) is -0.0716. The Kier molecular flexibility index (Phi) is 4.10. The molecule has 0 radical (unpaired) electrons. The fourth-order valence-corrected chi connectivity index (χ4v) is 2.34. The number of hydrogen-bond donors (Lipinski definition) is 1. The molecule has 4 heteroatoms. The molecular weight excluding hydrogens is 274 g/mol. The van der Waals surface area contributed by atoms with Gasteiger partial charge in [0, 0.05) is 18.1 Å². The van der Waals surface area contributed by atoms with Gasteiger partial charge in [-0.25, -0.2) is 4.98 Å². The van der Waals surface area contributed by atoms with Gasteiger partial charge in [-0.15, -0.1) is 0 Å². The van der Waals surface area contributed by atoms with Crippen LogP contribution < -0.4 is 5.32 Å². The summed E-state index contributed by atoms with van der Waals surface area (Å²) in [7, 11) is 0. The van der Waals surface area contributed by atoms with Crippen LogP contribution in [0.3, 0.4) is 0 Å². The third-order valence-electron chi connectivity index (χ3n) is 3.42. The standard InChI is InChI=1S/C18H17N3O/c1-2-10-20-18(22)14-12-17(16-9-5-6-11-19-16)21-15-8-4-3-7-13(14)15/h3-9,11-12H,2,10H2,1H3,(H,20,22). The summed E-state index contributed by atoms with van der Waals surface area (Å²) in [6.45, 7) is 2.69. The average molecular weight is 291 g/mol. The largest absolute Gasteiger partial charge is 0.352 e. The van der Waals surface area contributed by atoms with Gasteiger partial charge in [-0.2, -0.15) is 0 Å². The predicted molar refractivity (Wildman–Crippen MR) is 87.6 cm³/mol. The molecule has 1 amide bonds. The van der Waals surface area contributed by atoms with Crippen LogP contribution in [0.1, 0.15) is 23.7 Å². The number of pyridine rings is 2. The van der Waals surface area contributed by atoms with E-state index < -0.39 is 0 Å². The summed E-state index contributed by atoms with van der Waals surface area (Å²) >= 11 is 0. The van der Waals surface area contributed by atoms with Crippen molar-refractivity contribution in [3.63, 3.8) is 0 Å². The van der Waals surface area contributed by atoms with Gasteiger partial charge in [0.15, 0.2) is 0 Å².